The number of hydrogen-bond donors (Lipinski definition) is 1. The minimum Gasteiger partial charge on any atom is -0.399 e. The minimum atomic E-state index is 0.607. The first kappa shape index (κ1) is 11.4. The fourth-order valence-electron chi connectivity index (χ4n) is 1.87. The van der Waals surface area contributed by atoms with Gasteiger partial charge >= 0.3 is 0 Å². The van der Waals surface area contributed by atoms with E-state index in [0.717, 1.165) is 27.9 Å². The van der Waals surface area contributed by atoms with E-state index in [-0.39, 0.29) is 0 Å². The molecule has 86 valence electrons. The van der Waals surface area contributed by atoms with Crippen molar-refractivity contribution < 1.29 is 0 Å². The summed E-state index contributed by atoms with van der Waals surface area (Å²) >= 11 is 0. The van der Waals surface area contributed by atoms with Gasteiger partial charge in [-0.25, -0.2) is 0 Å². The predicted octanol–water partition coefficient (Wildman–Crippen LogP) is 3.29. The highest BCUT2D eigenvalue weighted by Crippen LogP contribution is 2.24. The van der Waals surface area contributed by atoms with Gasteiger partial charge in [-0.1, -0.05) is 18.7 Å². The van der Waals surface area contributed by atoms with Gasteiger partial charge in [-0.2, -0.15) is 0 Å². The van der Waals surface area contributed by atoms with Crippen LogP contribution in [0.2, 0.25) is 0 Å². The normalized spacial score (nSPS) is 10.2. The fourth-order valence-corrected chi connectivity index (χ4v) is 1.87. The van der Waals surface area contributed by atoms with Crippen molar-refractivity contribution in [3.63, 3.8) is 0 Å². The number of nitrogens with zero attached hydrogens (tertiary/aromatic N) is 1. The van der Waals surface area contributed by atoms with Gasteiger partial charge in [-0.05, 0) is 48.7 Å². The van der Waals surface area contributed by atoms with Crippen LogP contribution in [0.5, 0.6) is 0 Å². The summed E-state index contributed by atoms with van der Waals surface area (Å²) in [6, 6.07) is 10.3. The monoisotopic (exact) mass is 224 g/mol. The highest BCUT2D eigenvalue weighted by Gasteiger charge is 2.04. The number of rotatable bonds is 2. The summed E-state index contributed by atoms with van der Waals surface area (Å²) in [4.78, 5) is 4.20. The Kier molecular flexibility index (Phi) is 2.96. The smallest absolute Gasteiger partial charge is 0.0378 e. The Balaban J connectivity index is 2.54. The third-order valence-electron chi connectivity index (χ3n) is 2.81. The van der Waals surface area contributed by atoms with E-state index in [0.29, 0.717) is 5.70 Å². The maximum atomic E-state index is 5.78. The molecule has 2 aromatic rings. The molecule has 0 saturated heterocycles. The summed E-state index contributed by atoms with van der Waals surface area (Å²) in [6.07, 6.45) is 1.82. The first-order chi connectivity index (χ1) is 8.08. The summed E-state index contributed by atoms with van der Waals surface area (Å²) in [5.74, 6) is 0. The highest BCUT2D eigenvalue weighted by molar-refractivity contribution is 5.72. The molecule has 0 radical (unpaired) electrons. The van der Waals surface area contributed by atoms with Crippen LogP contribution in [0.25, 0.3) is 16.8 Å². The molecule has 1 aromatic carbocycles. The summed E-state index contributed by atoms with van der Waals surface area (Å²) in [5.41, 5.74) is 11.9. The summed E-state index contributed by atoms with van der Waals surface area (Å²) < 4.78 is 0. The van der Waals surface area contributed by atoms with Crippen molar-refractivity contribution in [2.75, 3.05) is 0 Å². The van der Waals surface area contributed by atoms with Gasteiger partial charge in [0.2, 0.25) is 0 Å². The SMILES string of the molecule is C=C(N)c1cc(-c2ccnc(C)c2)ccc1C. The fraction of sp³-hybridized carbons (Fsp3) is 0.133. The molecular weight excluding hydrogens is 208 g/mol. The lowest BCUT2D eigenvalue weighted by Crippen LogP contribution is -1.97. The Labute approximate surface area is 102 Å². The van der Waals surface area contributed by atoms with Crippen molar-refractivity contribution in [1.29, 1.82) is 0 Å². The van der Waals surface area contributed by atoms with Crippen molar-refractivity contribution >= 4 is 5.70 Å². The van der Waals surface area contributed by atoms with E-state index in [1.165, 1.54) is 0 Å². The molecule has 1 heterocycles. The van der Waals surface area contributed by atoms with Crippen LogP contribution in [0.3, 0.4) is 0 Å². The van der Waals surface area contributed by atoms with Gasteiger partial charge in [0.05, 0.1) is 0 Å². The van der Waals surface area contributed by atoms with Crippen molar-refractivity contribution in [3.05, 3.63) is 59.9 Å². The summed E-state index contributed by atoms with van der Waals surface area (Å²) in [7, 11) is 0. The van der Waals surface area contributed by atoms with Gasteiger partial charge in [-0.3, -0.25) is 4.98 Å². The number of pyridine rings is 1. The van der Waals surface area contributed by atoms with Gasteiger partial charge in [0.15, 0.2) is 0 Å². The van der Waals surface area contributed by atoms with Crippen molar-refractivity contribution in [1.82, 2.24) is 4.98 Å². The number of hydrogen-bond acceptors (Lipinski definition) is 2. The van der Waals surface area contributed by atoms with Crippen molar-refractivity contribution in [3.8, 4) is 11.1 Å². The topological polar surface area (TPSA) is 38.9 Å². The molecular formula is C15H16N2. The predicted molar refractivity (Wildman–Crippen MR) is 72.4 cm³/mol. The number of benzene rings is 1. The van der Waals surface area contributed by atoms with Crippen LogP contribution >= 0.6 is 0 Å². The van der Waals surface area contributed by atoms with Crippen LogP contribution in [0, 0.1) is 13.8 Å². The van der Waals surface area contributed by atoms with E-state index < -0.39 is 0 Å². The van der Waals surface area contributed by atoms with Gasteiger partial charge in [0.1, 0.15) is 0 Å². The molecule has 0 spiro atoms. The molecule has 0 aliphatic carbocycles. The Morgan fingerprint density at radius 2 is 1.82 bits per heavy atom. The lowest BCUT2D eigenvalue weighted by atomic mass is 9.99. The van der Waals surface area contributed by atoms with Crippen molar-refractivity contribution in [2.45, 2.75) is 13.8 Å². The zero-order valence-corrected chi connectivity index (χ0v) is 10.2. The molecule has 0 unspecified atom stereocenters. The maximum absolute atomic E-state index is 5.78. The highest BCUT2D eigenvalue weighted by atomic mass is 14.6. The quantitative estimate of drug-likeness (QED) is 0.850. The second-order valence-electron chi connectivity index (χ2n) is 4.24. The van der Waals surface area contributed by atoms with Crippen LogP contribution in [-0.2, 0) is 0 Å². The Bertz CT molecular complexity index is 571. The van der Waals surface area contributed by atoms with Crippen LogP contribution in [0.1, 0.15) is 16.8 Å². The standard InChI is InChI=1S/C15H16N2/c1-10-4-5-13(9-15(10)12(3)16)14-6-7-17-11(2)8-14/h4-9H,3,16H2,1-2H3. The van der Waals surface area contributed by atoms with E-state index in [1.54, 1.807) is 0 Å². The largest absolute Gasteiger partial charge is 0.399 e. The van der Waals surface area contributed by atoms with E-state index >= 15 is 0 Å². The zero-order chi connectivity index (χ0) is 12.4. The molecule has 0 aliphatic rings. The Morgan fingerprint density at radius 3 is 2.47 bits per heavy atom. The lowest BCUT2D eigenvalue weighted by molar-refractivity contribution is 1.20. The second kappa shape index (κ2) is 4.42. The molecule has 2 rings (SSSR count). The minimum absolute atomic E-state index is 0.607. The van der Waals surface area contributed by atoms with Gasteiger partial charge in [-0.15, -0.1) is 0 Å². The third kappa shape index (κ3) is 2.36. The molecule has 0 atom stereocenters. The van der Waals surface area contributed by atoms with Gasteiger partial charge in [0.25, 0.3) is 0 Å². The molecule has 2 nitrogen and oxygen atoms in total. The lowest BCUT2D eigenvalue weighted by Gasteiger charge is -2.09. The summed E-state index contributed by atoms with van der Waals surface area (Å²) in [5, 5.41) is 0. The van der Waals surface area contributed by atoms with E-state index in [1.807, 2.05) is 26.1 Å². The van der Waals surface area contributed by atoms with Crippen LogP contribution < -0.4 is 5.73 Å². The second-order valence-corrected chi connectivity index (χ2v) is 4.24. The van der Waals surface area contributed by atoms with Gasteiger partial charge in [0, 0.05) is 23.2 Å². The average Bonchev–Trinajstić information content (AvgIpc) is 2.29. The van der Waals surface area contributed by atoms with Crippen LogP contribution in [0.15, 0.2) is 43.1 Å². The van der Waals surface area contributed by atoms with Crippen molar-refractivity contribution in [2.24, 2.45) is 5.73 Å². The molecule has 2 N–H and O–H groups in total. The van der Waals surface area contributed by atoms with E-state index in [9.17, 15) is 0 Å². The molecule has 0 saturated carbocycles. The number of aromatic nitrogens is 1. The van der Waals surface area contributed by atoms with Gasteiger partial charge < -0.3 is 5.73 Å². The molecule has 0 amide bonds. The number of nitrogens with two attached hydrogens (primary N) is 1. The molecule has 0 bridgehead atoms. The first-order valence-corrected chi connectivity index (χ1v) is 5.56. The Morgan fingerprint density at radius 1 is 1.12 bits per heavy atom. The van der Waals surface area contributed by atoms with Crippen LogP contribution in [0.4, 0.5) is 0 Å². The molecule has 1 aromatic heterocycles. The van der Waals surface area contributed by atoms with E-state index in [2.05, 4.69) is 35.8 Å². The van der Waals surface area contributed by atoms with E-state index in [4.69, 9.17) is 5.73 Å². The maximum Gasteiger partial charge on any atom is 0.0378 e. The average molecular weight is 224 g/mol. The molecule has 0 aliphatic heterocycles. The summed E-state index contributed by atoms with van der Waals surface area (Å²) in [6.45, 7) is 7.83. The number of aryl methyl sites for hydroxylation is 2. The molecule has 2 heteroatoms. The zero-order valence-electron chi connectivity index (χ0n) is 10.2. The third-order valence-corrected chi connectivity index (χ3v) is 2.81. The first-order valence-electron chi connectivity index (χ1n) is 5.56. The Hall–Kier alpha value is -2.09. The van der Waals surface area contributed by atoms with Crippen LogP contribution in [-0.4, -0.2) is 4.98 Å². The molecule has 17 heavy (non-hydrogen) atoms. The molecule has 0 fully saturated rings.